The molecule has 0 radical (unpaired) electrons. The number of aryl methyl sites for hydroxylation is 2. The summed E-state index contributed by atoms with van der Waals surface area (Å²) < 4.78 is 5.95. The van der Waals surface area contributed by atoms with E-state index in [4.69, 9.17) is 0 Å². The van der Waals surface area contributed by atoms with Crippen LogP contribution in [-0.4, -0.2) is 34.3 Å². The molecule has 4 aromatic rings. The van der Waals surface area contributed by atoms with Crippen molar-refractivity contribution in [2.75, 3.05) is 0 Å². The summed E-state index contributed by atoms with van der Waals surface area (Å²) in [5, 5.41) is 17.5. The van der Waals surface area contributed by atoms with Crippen LogP contribution in [0.1, 0.15) is 56.5 Å². The van der Waals surface area contributed by atoms with Crippen LogP contribution in [0.2, 0.25) is 0 Å². The largest absolute Gasteiger partial charge is 0.368 e. The zero-order valence-corrected chi connectivity index (χ0v) is 21.8. The number of hydrogen-bond acceptors (Lipinski definition) is 5. The first-order valence-electron chi connectivity index (χ1n) is 12.9. The first-order valence-corrected chi connectivity index (χ1v) is 12.9. The fraction of sp³-hybridized carbons (Fsp3) is 0.357. The average molecular weight is 499 g/mol. The molecule has 0 atom stereocenters. The van der Waals surface area contributed by atoms with E-state index in [1.807, 2.05) is 39.9 Å². The minimum absolute atomic E-state index is 0.0231. The smallest absolute Gasteiger partial charge is 0.334 e. The lowest BCUT2D eigenvalue weighted by atomic mass is 9.78. The Labute approximate surface area is 216 Å². The predicted molar refractivity (Wildman–Crippen MR) is 144 cm³/mol. The van der Waals surface area contributed by atoms with Crippen molar-refractivity contribution in [1.82, 2.24) is 39.6 Å². The molecule has 9 heteroatoms. The van der Waals surface area contributed by atoms with Crippen LogP contribution in [0.5, 0.6) is 0 Å². The molecule has 3 aromatic heterocycles. The molecule has 9 nitrogen and oxygen atoms in total. The van der Waals surface area contributed by atoms with Gasteiger partial charge in [0.1, 0.15) is 5.82 Å². The summed E-state index contributed by atoms with van der Waals surface area (Å²) >= 11 is 0. The first-order chi connectivity index (χ1) is 17.9. The first kappa shape index (κ1) is 24.5. The van der Waals surface area contributed by atoms with Gasteiger partial charge in [0.15, 0.2) is 5.82 Å². The van der Waals surface area contributed by atoms with Gasteiger partial charge in [-0.3, -0.25) is 9.13 Å². The number of nitrogens with one attached hydrogen (secondary N) is 2. The van der Waals surface area contributed by atoms with Gasteiger partial charge in [0.25, 0.3) is 0 Å². The highest BCUT2D eigenvalue weighted by Crippen LogP contribution is 2.34. The van der Waals surface area contributed by atoms with Gasteiger partial charge in [0.2, 0.25) is 0 Å². The Bertz CT molecular complexity index is 1470. The van der Waals surface area contributed by atoms with E-state index in [-0.39, 0.29) is 11.7 Å². The van der Waals surface area contributed by atoms with Crippen LogP contribution in [0.4, 0.5) is 0 Å². The molecule has 37 heavy (non-hydrogen) atoms. The molecule has 2 N–H and O–H groups in total. The number of imidazole rings is 1. The summed E-state index contributed by atoms with van der Waals surface area (Å²) in [6.07, 6.45) is 15.1. The van der Waals surface area contributed by atoms with Crippen molar-refractivity contribution in [3.05, 3.63) is 94.6 Å². The zero-order valence-electron chi connectivity index (χ0n) is 21.8. The Kier molecular flexibility index (Phi) is 6.69. The number of rotatable bonds is 9. The number of unbranched alkanes of at least 4 members (excludes halogenated alkanes) is 1. The van der Waals surface area contributed by atoms with E-state index in [0.717, 1.165) is 47.5 Å². The predicted octanol–water partition coefficient (Wildman–Crippen LogP) is 4.42. The second-order valence-corrected chi connectivity index (χ2v) is 9.99. The standard InChI is InChI=1S/C28H34N8O/c1-5-6-10-24-18-35(26-21(4)11-16-34(26)20(2)3)27(37)36(24)19-28(12-14-29-15-13-28)23-9-7-8-22(17-23)25-30-32-33-31-25/h7-9,11-18,20,29H,5-6,10,19H2,1-4H3,(H,30,31,32,33). The summed E-state index contributed by atoms with van der Waals surface area (Å²) in [4.78, 5) is 14.1. The summed E-state index contributed by atoms with van der Waals surface area (Å²) in [5.74, 6) is 1.54. The van der Waals surface area contributed by atoms with Crippen LogP contribution in [0.15, 0.2) is 72.1 Å². The quantitative estimate of drug-likeness (QED) is 0.356. The summed E-state index contributed by atoms with van der Waals surface area (Å²) in [5.41, 5.74) is 3.52. The summed E-state index contributed by atoms with van der Waals surface area (Å²) in [7, 11) is 0. The molecule has 1 aliphatic heterocycles. The van der Waals surface area contributed by atoms with Crippen LogP contribution >= 0.6 is 0 Å². The number of aromatic nitrogens is 7. The lowest BCUT2D eigenvalue weighted by Crippen LogP contribution is -2.36. The van der Waals surface area contributed by atoms with Gasteiger partial charge in [0, 0.05) is 36.2 Å². The fourth-order valence-corrected chi connectivity index (χ4v) is 5.07. The number of H-pyrrole nitrogens is 1. The van der Waals surface area contributed by atoms with Gasteiger partial charge in [-0.25, -0.2) is 9.89 Å². The highest BCUT2D eigenvalue weighted by Gasteiger charge is 2.32. The van der Waals surface area contributed by atoms with Crippen molar-refractivity contribution in [3.8, 4) is 17.2 Å². The average Bonchev–Trinajstić information content (AvgIpc) is 3.64. The van der Waals surface area contributed by atoms with Gasteiger partial charge in [-0.05, 0) is 79.7 Å². The highest BCUT2D eigenvalue weighted by molar-refractivity contribution is 5.57. The van der Waals surface area contributed by atoms with Gasteiger partial charge in [-0.1, -0.05) is 43.7 Å². The van der Waals surface area contributed by atoms with Crippen molar-refractivity contribution in [2.45, 2.75) is 65.0 Å². The number of nitrogens with zero attached hydrogens (tertiary/aromatic N) is 6. The van der Waals surface area contributed by atoms with E-state index < -0.39 is 5.41 Å². The van der Waals surface area contributed by atoms with Crippen LogP contribution in [0.3, 0.4) is 0 Å². The summed E-state index contributed by atoms with van der Waals surface area (Å²) in [6.45, 7) is 9.00. The maximum Gasteiger partial charge on any atom is 0.334 e. The summed E-state index contributed by atoms with van der Waals surface area (Å²) in [6, 6.07) is 10.5. The molecule has 1 aliphatic rings. The van der Waals surface area contributed by atoms with Crippen molar-refractivity contribution in [1.29, 1.82) is 0 Å². The third-order valence-electron chi connectivity index (χ3n) is 7.11. The number of aromatic amines is 1. The van der Waals surface area contributed by atoms with Gasteiger partial charge < -0.3 is 9.88 Å². The van der Waals surface area contributed by atoms with Crippen LogP contribution in [-0.2, 0) is 18.4 Å². The monoisotopic (exact) mass is 498 g/mol. The zero-order chi connectivity index (χ0) is 26.0. The van der Waals surface area contributed by atoms with E-state index in [2.05, 4.69) is 94.8 Å². The highest BCUT2D eigenvalue weighted by atomic mass is 16.1. The van der Waals surface area contributed by atoms with Crippen molar-refractivity contribution in [2.24, 2.45) is 0 Å². The topological polar surface area (TPSA) is 98.3 Å². The second kappa shape index (κ2) is 10.1. The van der Waals surface area contributed by atoms with Crippen molar-refractivity contribution >= 4 is 0 Å². The van der Waals surface area contributed by atoms with Crippen LogP contribution in [0.25, 0.3) is 17.2 Å². The number of dihydropyridines is 1. The number of allylic oxidation sites excluding steroid dienone is 2. The molecule has 0 saturated heterocycles. The molecule has 0 spiro atoms. The maximum atomic E-state index is 14.1. The SMILES string of the molecule is CCCCc1cn(-c2c(C)ccn2C(C)C)c(=O)n1CC1(c2cccc(-c3nnn[nH]3)c2)C=CNC=C1. The van der Waals surface area contributed by atoms with Crippen LogP contribution in [0, 0.1) is 6.92 Å². The molecule has 192 valence electrons. The van der Waals surface area contributed by atoms with Gasteiger partial charge in [-0.15, -0.1) is 5.10 Å². The molecule has 0 amide bonds. The normalized spacial score (nSPS) is 14.4. The third kappa shape index (κ3) is 4.57. The Balaban J connectivity index is 1.64. The lowest BCUT2D eigenvalue weighted by molar-refractivity contribution is 0.494. The molecular weight excluding hydrogens is 464 g/mol. The molecule has 0 bridgehead atoms. The van der Waals surface area contributed by atoms with E-state index in [9.17, 15) is 4.79 Å². The molecule has 1 aromatic carbocycles. The molecule has 5 rings (SSSR count). The van der Waals surface area contributed by atoms with Gasteiger partial charge >= 0.3 is 5.69 Å². The molecule has 4 heterocycles. The van der Waals surface area contributed by atoms with Crippen LogP contribution < -0.4 is 11.0 Å². The molecular formula is C28H34N8O. The number of hydrogen-bond donors (Lipinski definition) is 2. The Hall–Kier alpha value is -4.14. The van der Waals surface area contributed by atoms with Gasteiger partial charge in [0.05, 0.1) is 5.41 Å². The van der Waals surface area contributed by atoms with E-state index in [1.165, 1.54) is 0 Å². The minimum Gasteiger partial charge on any atom is -0.368 e. The second-order valence-electron chi connectivity index (χ2n) is 9.99. The van der Waals surface area contributed by atoms with Crippen molar-refractivity contribution in [3.63, 3.8) is 0 Å². The minimum atomic E-state index is -0.527. The maximum absolute atomic E-state index is 14.1. The number of tetrazole rings is 1. The Morgan fingerprint density at radius 3 is 2.65 bits per heavy atom. The van der Waals surface area contributed by atoms with E-state index in [0.29, 0.717) is 12.4 Å². The fourth-order valence-electron chi connectivity index (χ4n) is 5.07. The van der Waals surface area contributed by atoms with E-state index >= 15 is 0 Å². The third-order valence-corrected chi connectivity index (χ3v) is 7.11. The van der Waals surface area contributed by atoms with Gasteiger partial charge in [-0.2, -0.15) is 0 Å². The Morgan fingerprint density at radius 2 is 1.95 bits per heavy atom. The van der Waals surface area contributed by atoms with E-state index in [1.54, 1.807) is 0 Å². The molecule has 0 unspecified atom stereocenters. The molecule has 0 saturated carbocycles. The lowest BCUT2D eigenvalue weighted by Gasteiger charge is -2.31. The Morgan fingerprint density at radius 1 is 1.14 bits per heavy atom. The number of benzene rings is 1. The van der Waals surface area contributed by atoms with Crippen molar-refractivity contribution < 1.29 is 0 Å². The molecule has 0 aliphatic carbocycles. The molecule has 0 fully saturated rings.